The predicted octanol–water partition coefficient (Wildman–Crippen LogP) is 6.48. The first-order valence-electron chi connectivity index (χ1n) is 8.88. The summed E-state index contributed by atoms with van der Waals surface area (Å²) in [5.74, 6) is -0.335. The Morgan fingerprint density at radius 1 is 1.00 bits per heavy atom. The van der Waals surface area contributed by atoms with Gasteiger partial charge >= 0.3 is 11.9 Å². The second-order valence-corrected chi connectivity index (χ2v) is 7.38. The van der Waals surface area contributed by atoms with Crippen molar-refractivity contribution in [2.24, 2.45) is 5.92 Å². The van der Waals surface area contributed by atoms with Crippen molar-refractivity contribution in [2.45, 2.75) is 58.8 Å². The molecule has 1 unspecified atom stereocenters. The van der Waals surface area contributed by atoms with Crippen LogP contribution in [0.25, 0.3) is 0 Å². The lowest BCUT2D eigenvalue weighted by Crippen LogP contribution is -2.14. The monoisotopic (exact) mass is 422 g/mol. The van der Waals surface area contributed by atoms with Gasteiger partial charge in [-0.2, -0.15) is 0 Å². The van der Waals surface area contributed by atoms with Crippen LogP contribution in [0.4, 0.5) is 0 Å². The van der Waals surface area contributed by atoms with E-state index in [1.54, 1.807) is 0 Å². The summed E-state index contributed by atoms with van der Waals surface area (Å²) in [7, 11) is 0. The van der Waals surface area contributed by atoms with Crippen molar-refractivity contribution in [3.63, 3.8) is 0 Å². The summed E-state index contributed by atoms with van der Waals surface area (Å²) < 4.78 is 10.5. The lowest BCUT2D eigenvalue weighted by atomic mass is 10.0. The van der Waals surface area contributed by atoms with Crippen molar-refractivity contribution in [3.8, 4) is 5.75 Å². The van der Waals surface area contributed by atoms with E-state index in [0.717, 1.165) is 25.7 Å². The third kappa shape index (κ3) is 8.61. The van der Waals surface area contributed by atoms with Gasteiger partial charge in [0.05, 0.1) is 16.7 Å². The topological polar surface area (TPSA) is 52.6 Å². The summed E-state index contributed by atoms with van der Waals surface area (Å²) in [4.78, 5) is 23.7. The van der Waals surface area contributed by atoms with Crippen molar-refractivity contribution < 1.29 is 19.1 Å². The Bertz CT molecular complexity index is 581. The number of rotatable bonds is 11. The van der Waals surface area contributed by atoms with Crippen LogP contribution in [-0.2, 0) is 14.3 Å². The summed E-state index contributed by atoms with van der Waals surface area (Å²) in [5.41, 5.74) is 0. The Labute approximate surface area is 170 Å². The number of esters is 2. The highest BCUT2D eigenvalue weighted by atomic mass is 35.5. The van der Waals surface area contributed by atoms with Gasteiger partial charge in [0.25, 0.3) is 0 Å². The minimum atomic E-state index is -0.515. The molecule has 0 amide bonds. The van der Waals surface area contributed by atoms with Gasteiger partial charge in [-0.1, -0.05) is 67.9 Å². The molecule has 146 valence electrons. The molecule has 0 radical (unpaired) electrons. The average Bonchev–Trinajstić information content (AvgIpc) is 2.58. The zero-order chi connectivity index (χ0) is 19.5. The molecule has 4 nitrogen and oxygen atoms in total. The molecule has 0 spiro atoms. The molecule has 0 bridgehead atoms. The van der Waals surface area contributed by atoms with Gasteiger partial charge in [-0.05, 0) is 30.9 Å². The summed E-state index contributed by atoms with van der Waals surface area (Å²) in [6.45, 7) is 4.68. The zero-order valence-corrected chi connectivity index (χ0v) is 17.4. The average molecular weight is 424 g/mol. The minimum Gasteiger partial charge on any atom is -0.465 e. The molecule has 0 fully saturated rings. The van der Waals surface area contributed by atoms with Gasteiger partial charge < -0.3 is 9.47 Å². The number of hydrogen-bond donors (Lipinski definition) is 0. The SMILES string of the molecule is CCCCC(CC)COC(=O)CCCC(=O)Oc1c(Cl)cc(Cl)cc1Cl. The number of ether oxygens (including phenoxy) is 2. The molecule has 1 rings (SSSR count). The molecule has 26 heavy (non-hydrogen) atoms. The Hall–Kier alpha value is -0.970. The maximum atomic E-state index is 11.9. The van der Waals surface area contributed by atoms with Gasteiger partial charge in [-0.15, -0.1) is 0 Å². The molecule has 0 aliphatic carbocycles. The van der Waals surface area contributed by atoms with Gasteiger partial charge in [0.15, 0.2) is 5.75 Å². The Kier molecular flexibility index (Phi) is 11.0. The van der Waals surface area contributed by atoms with Crippen LogP contribution >= 0.6 is 34.8 Å². The number of carbonyl (C=O) groups excluding carboxylic acids is 2. The summed E-state index contributed by atoms with van der Waals surface area (Å²) >= 11 is 17.7. The van der Waals surface area contributed by atoms with E-state index in [2.05, 4.69) is 13.8 Å². The number of hydrogen-bond acceptors (Lipinski definition) is 4. The van der Waals surface area contributed by atoms with Crippen LogP contribution in [0.5, 0.6) is 5.75 Å². The first-order chi connectivity index (χ1) is 12.4. The van der Waals surface area contributed by atoms with E-state index in [9.17, 15) is 9.59 Å². The molecule has 0 aliphatic heterocycles. The van der Waals surface area contributed by atoms with Crippen molar-refractivity contribution in [1.29, 1.82) is 0 Å². The van der Waals surface area contributed by atoms with Gasteiger partial charge in [-0.25, -0.2) is 0 Å². The van der Waals surface area contributed by atoms with Crippen LogP contribution in [0.1, 0.15) is 58.8 Å². The highest BCUT2D eigenvalue weighted by molar-refractivity contribution is 6.40. The molecule has 7 heteroatoms. The lowest BCUT2D eigenvalue weighted by molar-refractivity contribution is -0.145. The third-order valence-corrected chi connectivity index (χ3v) is 4.74. The molecule has 0 heterocycles. The van der Waals surface area contributed by atoms with Gasteiger partial charge in [0, 0.05) is 17.9 Å². The van der Waals surface area contributed by atoms with Gasteiger partial charge in [0.1, 0.15) is 0 Å². The fraction of sp³-hybridized carbons (Fsp3) is 0.579. The van der Waals surface area contributed by atoms with E-state index in [-0.39, 0.29) is 34.6 Å². The van der Waals surface area contributed by atoms with Crippen LogP contribution in [0.15, 0.2) is 12.1 Å². The van der Waals surface area contributed by atoms with Crippen LogP contribution in [0, 0.1) is 5.92 Å². The first-order valence-corrected chi connectivity index (χ1v) is 10.0. The van der Waals surface area contributed by atoms with Crippen molar-refractivity contribution in [2.75, 3.05) is 6.61 Å². The quantitative estimate of drug-likeness (QED) is 0.302. The Morgan fingerprint density at radius 3 is 2.19 bits per heavy atom. The van der Waals surface area contributed by atoms with Crippen LogP contribution in [-0.4, -0.2) is 18.5 Å². The molecule has 0 saturated carbocycles. The molecule has 0 aromatic heterocycles. The second-order valence-electron chi connectivity index (χ2n) is 6.13. The molecule has 0 aliphatic rings. The van der Waals surface area contributed by atoms with Gasteiger partial charge in [-0.3, -0.25) is 9.59 Å². The number of carbonyl (C=O) groups is 2. The fourth-order valence-corrected chi connectivity index (χ4v) is 3.24. The smallest absolute Gasteiger partial charge is 0.311 e. The van der Waals surface area contributed by atoms with E-state index >= 15 is 0 Å². The molecule has 1 aromatic carbocycles. The van der Waals surface area contributed by atoms with Crippen molar-refractivity contribution in [3.05, 3.63) is 27.2 Å². The summed E-state index contributed by atoms with van der Waals surface area (Å²) in [6.07, 6.45) is 4.90. The maximum absolute atomic E-state index is 11.9. The minimum absolute atomic E-state index is 0.0669. The predicted molar refractivity (Wildman–Crippen MR) is 105 cm³/mol. The third-order valence-electron chi connectivity index (χ3n) is 3.96. The van der Waals surface area contributed by atoms with E-state index in [1.165, 1.54) is 12.1 Å². The van der Waals surface area contributed by atoms with Crippen LogP contribution < -0.4 is 4.74 Å². The largest absolute Gasteiger partial charge is 0.465 e. The Balaban J connectivity index is 2.32. The van der Waals surface area contributed by atoms with E-state index < -0.39 is 5.97 Å². The number of unbranched alkanes of at least 4 members (excludes halogenated alkanes) is 1. The van der Waals surface area contributed by atoms with Crippen molar-refractivity contribution >= 4 is 46.7 Å². The lowest BCUT2D eigenvalue weighted by Gasteiger charge is -2.14. The van der Waals surface area contributed by atoms with Crippen molar-refractivity contribution in [1.82, 2.24) is 0 Å². The van der Waals surface area contributed by atoms with Crippen LogP contribution in [0.2, 0.25) is 15.1 Å². The first kappa shape index (κ1) is 23.1. The molecule has 1 atom stereocenters. The standard InChI is InChI=1S/C19H25Cl3O4/c1-3-5-7-13(4-2)12-25-17(23)8-6-9-18(24)26-19-15(21)10-14(20)11-16(19)22/h10-11,13H,3-9,12H2,1-2H3. The summed E-state index contributed by atoms with van der Waals surface area (Å²) in [5, 5.41) is 0.674. The molecular formula is C19H25Cl3O4. The zero-order valence-electron chi connectivity index (χ0n) is 15.2. The van der Waals surface area contributed by atoms with Gasteiger partial charge in [0.2, 0.25) is 0 Å². The highest BCUT2D eigenvalue weighted by Crippen LogP contribution is 2.36. The van der Waals surface area contributed by atoms with E-state index in [1.807, 2.05) is 0 Å². The molecule has 0 N–H and O–H groups in total. The fourth-order valence-electron chi connectivity index (χ4n) is 2.35. The number of benzene rings is 1. The van der Waals surface area contributed by atoms with E-state index in [4.69, 9.17) is 44.3 Å². The number of halogens is 3. The summed E-state index contributed by atoms with van der Waals surface area (Å²) in [6, 6.07) is 2.88. The second kappa shape index (κ2) is 12.4. The molecular weight excluding hydrogens is 399 g/mol. The normalized spacial score (nSPS) is 11.9. The molecule has 0 saturated heterocycles. The molecule has 1 aromatic rings. The van der Waals surface area contributed by atoms with Crippen LogP contribution in [0.3, 0.4) is 0 Å². The van der Waals surface area contributed by atoms with E-state index in [0.29, 0.717) is 24.0 Å². The highest BCUT2D eigenvalue weighted by Gasteiger charge is 2.15. The maximum Gasteiger partial charge on any atom is 0.311 e. The Morgan fingerprint density at radius 2 is 1.62 bits per heavy atom.